The molecule has 0 unspecified atom stereocenters. The number of anilines is 1. The highest BCUT2D eigenvalue weighted by Crippen LogP contribution is 2.26. The van der Waals surface area contributed by atoms with E-state index in [-0.39, 0.29) is 12.2 Å². The van der Waals surface area contributed by atoms with E-state index in [2.05, 4.69) is 14.8 Å². The molecule has 0 atom stereocenters. The number of carbonyl (C=O) groups is 1. The van der Waals surface area contributed by atoms with Crippen LogP contribution < -0.4 is 4.90 Å². The largest absolute Gasteiger partial charge is 0.446 e. The summed E-state index contributed by atoms with van der Waals surface area (Å²) < 4.78 is 11.0. The van der Waals surface area contributed by atoms with Crippen molar-refractivity contribution in [1.29, 1.82) is 0 Å². The van der Waals surface area contributed by atoms with Gasteiger partial charge in [0, 0.05) is 65.3 Å². The zero-order valence-corrected chi connectivity index (χ0v) is 16.9. The molecule has 0 N–H and O–H groups in total. The number of methoxy groups -OCH3 is 1. The Morgan fingerprint density at radius 1 is 1.07 bits per heavy atom. The van der Waals surface area contributed by atoms with Gasteiger partial charge in [0.05, 0.1) is 12.3 Å². The van der Waals surface area contributed by atoms with Crippen LogP contribution in [0.25, 0.3) is 0 Å². The summed E-state index contributed by atoms with van der Waals surface area (Å²) in [6, 6.07) is 6.80. The number of pyridine rings is 1. The number of hydrogen-bond donors (Lipinski definition) is 0. The predicted octanol–water partition coefficient (Wildman–Crippen LogP) is 2.50. The van der Waals surface area contributed by atoms with E-state index >= 15 is 0 Å². The van der Waals surface area contributed by atoms with Crippen LogP contribution in [0, 0.1) is 0 Å². The van der Waals surface area contributed by atoms with Crippen LogP contribution in [0.15, 0.2) is 18.2 Å². The Kier molecular flexibility index (Phi) is 6.32. The molecule has 0 spiro atoms. The molecule has 0 bridgehead atoms. The maximum Gasteiger partial charge on any atom is 0.410 e. The molecule has 3 fully saturated rings. The van der Waals surface area contributed by atoms with Gasteiger partial charge in [-0.1, -0.05) is 12.5 Å². The summed E-state index contributed by atoms with van der Waals surface area (Å²) in [5.74, 6) is 0.978. The van der Waals surface area contributed by atoms with E-state index in [9.17, 15) is 4.79 Å². The summed E-state index contributed by atoms with van der Waals surface area (Å²) in [6.45, 7) is 5.81. The zero-order chi connectivity index (χ0) is 19.3. The van der Waals surface area contributed by atoms with Gasteiger partial charge in [0.15, 0.2) is 0 Å². The summed E-state index contributed by atoms with van der Waals surface area (Å²) in [5, 5.41) is 0. The van der Waals surface area contributed by atoms with Crippen LogP contribution in [0.4, 0.5) is 10.6 Å². The third-order valence-corrected chi connectivity index (χ3v) is 6.28. The zero-order valence-electron chi connectivity index (χ0n) is 16.9. The Morgan fingerprint density at radius 3 is 2.46 bits per heavy atom. The second-order valence-electron chi connectivity index (χ2n) is 8.10. The number of nitrogens with zero attached hydrogens (tertiary/aromatic N) is 4. The van der Waals surface area contributed by atoms with Crippen LogP contribution in [-0.4, -0.2) is 79.4 Å². The molecule has 4 rings (SSSR count). The molecule has 3 aliphatic rings. The fourth-order valence-electron chi connectivity index (χ4n) is 4.31. The van der Waals surface area contributed by atoms with Gasteiger partial charge in [-0.2, -0.15) is 0 Å². The Labute approximate surface area is 167 Å². The van der Waals surface area contributed by atoms with Gasteiger partial charge in [-0.3, -0.25) is 4.90 Å². The maximum absolute atomic E-state index is 12.5. The van der Waals surface area contributed by atoms with E-state index in [4.69, 9.17) is 9.47 Å². The lowest BCUT2D eigenvalue weighted by Crippen LogP contribution is -2.54. The van der Waals surface area contributed by atoms with Crippen molar-refractivity contribution in [3.05, 3.63) is 23.9 Å². The predicted molar refractivity (Wildman–Crippen MR) is 107 cm³/mol. The molecule has 28 heavy (non-hydrogen) atoms. The molecule has 1 amide bonds. The van der Waals surface area contributed by atoms with Crippen molar-refractivity contribution in [2.75, 3.05) is 51.3 Å². The molecule has 1 aromatic rings. The molecule has 1 saturated carbocycles. The second-order valence-corrected chi connectivity index (χ2v) is 8.10. The summed E-state index contributed by atoms with van der Waals surface area (Å²) >= 11 is 0. The molecule has 2 aliphatic heterocycles. The smallest absolute Gasteiger partial charge is 0.410 e. The molecular formula is C21H32N4O3. The van der Waals surface area contributed by atoms with E-state index in [0.29, 0.717) is 6.61 Å². The number of piperazine rings is 1. The number of ether oxygens (including phenoxy) is 2. The van der Waals surface area contributed by atoms with E-state index in [1.165, 1.54) is 19.3 Å². The summed E-state index contributed by atoms with van der Waals surface area (Å²) in [5.41, 5.74) is 0.939. The summed E-state index contributed by atoms with van der Waals surface area (Å²) in [6.07, 6.45) is 5.59. The van der Waals surface area contributed by atoms with Crippen LogP contribution in [0.5, 0.6) is 0 Å². The lowest BCUT2D eigenvalue weighted by atomic mass is 9.91. The number of aromatic nitrogens is 1. The lowest BCUT2D eigenvalue weighted by Gasteiger charge is -2.43. The first kappa shape index (κ1) is 19.5. The van der Waals surface area contributed by atoms with Crippen LogP contribution in [0.2, 0.25) is 0 Å². The van der Waals surface area contributed by atoms with Gasteiger partial charge in [-0.05, 0) is 25.0 Å². The van der Waals surface area contributed by atoms with Crippen LogP contribution >= 0.6 is 0 Å². The fraction of sp³-hybridized carbons (Fsp3) is 0.714. The minimum absolute atomic E-state index is 0.00979. The average molecular weight is 389 g/mol. The van der Waals surface area contributed by atoms with Crippen molar-refractivity contribution >= 4 is 11.9 Å². The van der Waals surface area contributed by atoms with Crippen molar-refractivity contribution in [2.24, 2.45) is 0 Å². The molecule has 0 aromatic carbocycles. The Morgan fingerprint density at radius 2 is 1.82 bits per heavy atom. The summed E-state index contributed by atoms with van der Waals surface area (Å²) in [4.78, 5) is 23.9. The molecule has 2 saturated heterocycles. The molecule has 7 nitrogen and oxygen atoms in total. The van der Waals surface area contributed by atoms with Gasteiger partial charge in [0.1, 0.15) is 11.9 Å². The van der Waals surface area contributed by atoms with Crippen molar-refractivity contribution in [3.8, 4) is 0 Å². The Balaban J connectivity index is 1.21. The molecule has 154 valence electrons. The Hall–Kier alpha value is -1.86. The lowest BCUT2D eigenvalue weighted by molar-refractivity contribution is 0.0230. The molecule has 7 heteroatoms. The van der Waals surface area contributed by atoms with Crippen molar-refractivity contribution in [2.45, 2.75) is 50.9 Å². The number of rotatable bonds is 5. The van der Waals surface area contributed by atoms with Crippen LogP contribution in [0.1, 0.15) is 37.8 Å². The van der Waals surface area contributed by atoms with Gasteiger partial charge in [-0.15, -0.1) is 0 Å². The molecule has 1 aromatic heterocycles. The SMILES string of the molecule is COCc1cccc(N2CCC(OC(=O)N3CCN(C4CCC4)CC3)CC2)n1. The van der Waals surface area contributed by atoms with E-state index in [0.717, 1.165) is 69.7 Å². The first-order valence-electron chi connectivity index (χ1n) is 10.6. The quantitative estimate of drug-likeness (QED) is 0.773. The topological polar surface area (TPSA) is 58.1 Å². The van der Waals surface area contributed by atoms with Crippen LogP contribution in [0.3, 0.4) is 0 Å². The van der Waals surface area contributed by atoms with Crippen molar-refractivity contribution in [1.82, 2.24) is 14.8 Å². The van der Waals surface area contributed by atoms with Crippen LogP contribution in [-0.2, 0) is 16.1 Å². The standard InChI is InChI=1S/C21H32N4O3/c1-27-16-17-4-2-7-20(22-17)24-10-8-19(9-11-24)28-21(26)25-14-12-23(13-15-25)18-5-3-6-18/h2,4,7,18-19H,3,5-6,8-16H2,1H3. The third-order valence-electron chi connectivity index (χ3n) is 6.28. The number of amides is 1. The number of piperidine rings is 1. The molecule has 1 aliphatic carbocycles. The maximum atomic E-state index is 12.5. The fourth-order valence-corrected chi connectivity index (χ4v) is 4.31. The number of carbonyl (C=O) groups excluding carboxylic acids is 1. The average Bonchev–Trinajstić information content (AvgIpc) is 2.68. The van der Waals surface area contributed by atoms with Gasteiger partial charge in [0.25, 0.3) is 0 Å². The van der Waals surface area contributed by atoms with Crippen molar-refractivity contribution in [3.63, 3.8) is 0 Å². The van der Waals surface area contributed by atoms with E-state index < -0.39 is 0 Å². The van der Waals surface area contributed by atoms with Crippen molar-refractivity contribution < 1.29 is 14.3 Å². The second kappa shape index (κ2) is 9.09. The minimum atomic E-state index is -0.132. The van der Waals surface area contributed by atoms with Gasteiger partial charge >= 0.3 is 6.09 Å². The number of hydrogen-bond acceptors (Lipinski definition) is 6. The Bertz CT molecular complexity index is 651. The molecule has 3 heterocycles. The molecule has 0 radical (unpaired) electrons. The van der Waals surface area contributed by atoms with Gasteiger partial charge in [0.2, 0.25) is 0 Å². The normalized spacial score (nSPS) is 22.2. The monoisotopic (exact) mass is 388 g/mol. The highest BCUT2D eigenvalue weighted by atomic mass is 16.6. The summed E-state index contributed by atoms with van der Waals surface area (Å²) in [7, 11) is 1.68. The van der Waals surface area contributed by atoms with E-state index in [1.54, 1.807) is 7.11 Å². The first-order chi connectivity index (χ1) is 13.7. The van der Waals surface area contributed by atoms with Gasteiger partial charge in [-0.25, -0.2) is 9.78 Å². The van der Waals surface area contributed by atoms with Gasteiger partial charge < -0.3 is 19.3 Å². The highest BCUT2D eigenvalue weighted by molar-refractivity contribution is 5.68. The molecular weight excluding hydrogens is 356 g/mol. The first-order valence-corrected chi connectivity index (χ1v) is 10.6. The van der Waals surface area contributed by atoms with E-state index in [1.807, 2.05) is 23.1 Å². The highest BCUT2D eigenvalue weighted by Gasteiger charge is 2.31. The minimum Gasteiger partial charge on any atom is -0.446 e. The third kappa shape index (κ3) is 4.58.